The SMILES string of the molecule is CCCSc1csc(CCO)c1C(=O)O. The summed E-state index contributed by atoms with van der Waals surface area (Å²) in [5, 5.41) is 19.8. The molecular weight excluding hydrogens is 232 g/mol. The van der Waals surface area contributed by atoms with Gasteiger partial charge in [-0.2, -0.15) is 0 Å². The zero-order chi connectivity index (χ0) is 11.3. The average Bonchev–Trinajstić information content (AvgIpc) is 2.58. The maximum atomic E-state index is 11.1. The van der Waals surface area contributed by atoms with Gasteiger partial charge >= 0.3 is 5.97 Å². The van der Waals surface area contributed by atoms with Gasteiger partial charge in [-0.1, -0.05) is 6.92 Å². The monoisotopic (exact) mass is 246 g/mol. The number of rotatable bonds is 6. The number of aliphatic hydroxyl groups is 1. The van der Waals surface area contributed by atoms with Gasteiger partial charge < -0.3 is 10.2 Å². The average molecular weight is 246 g/mol. The Balaban J connectivity index is 2.90. The van der Waals surface area contributed by atoms with Crippen LogP contribution in [0, 0.1) is 0 Å². The molecule has 0 fully saturated rings. The summed E-state index contributed by atoms with van der Waals surface area (Å²) in [5.74, 6) is 0.0357. The predicted molar refractivity (Wildman–Crippen MR) is 63.1 cm³/mol. The van der Waals surface area contributed by atoms with E-state index < -0.39 is 5.97 Å². The Morgan fingerprint density at radius 2 is 2.33 bits per heavy atom. The lowest BCUT2D eigenvalue weighted by molar-refractivity contribution is 0.0692. The molecular formula is C10H14O3S2. The molecule has 0 saturated carbocycles. The van der Waals surface area contributed by atoms with E-state index in [1.165, 1.54) is 11.3 Å². The molecule has 0 unspecified atom stereocenters. The predicted octanol–water partition coefficient (Wildman–Crippen LogP) is 2.48. The Hall–Kier alpha value is -0.520. The van der Waals surface area contributed by atoms with Crippen molar-refractivity contribution >= 4 is 29.1 Å². The number of aromatic carboxylic acids is 1. The van der Waals surface area contributed by atoms with E-state index in [1.54, 1.807) is 11.8 Å². The van der Waals surface area contributed by atoms with Crippen LogP contribution < -0.4 is 0 Å². The largest absolute Gasteiger partial charge is 0.478 e. The third-order valence-electron chi connectivity index (χ3n) is 1.85. The summed E-state index contributed by atoms with van der Waals surface area (Å²) in [4.78, 5) is 12.7. The van der Waals surface area contributed by atoms with Crippen molar-refractivity contribution in [2.75, 3.05) is 12.4 Å². The van der Waals surface area contributed by atoms with Crippen molar-refractivity contribution in [1.82, 2.24) is 0 Å². The summed E-state index contributed by atoms with van der Waals surface area (Å²) in [6.45, 7) is 2.06. The zero-order valence-electron chi connectivity index (χ0n) is 8.52. The number of carboxylic acid groups (broad SMARTS) is 1. The summed E-state index contributed by atoms with van der Waals surface area (Å²) in [7, 11) is 0. The van der Waals surface area contributed by atoms with Crippen molar-refractivity contribution in [1.29, 1.82) is 0 Å². The first-order chi connectivity index (χ1) is 7.20. The van der Waals surface area contributed by atoms with Crippen molar-refractivity contribution in [2.24, 2.45) is 0 Å². The molecule has 0 amide bonds. The van der Waals surface area contributed by atoms with E-state index in [4.69, 9.17) is 10.2 Å². The number of hydrogen-bond acceptors (Lipinski definition) is 4. The second-order valence-corrected chi connectivity index (χ2v) is 5.13. The van der Waals surface area contributed by atoms with Gasteiger partial charge in [-0.05, 0) is 12.2 Å². The van der Waals surface area contributed by atoms with Gasteiger partial charge in [0.2, 0.25) is 0 Å². The van der Waals surface area contributed by atoms with Gasteiger partial charge in [-0.3, -0.25) is 0 Å². The maximum Gasteiger partial charge on any atom is 0.337 e. The molecule has 1 aromatic rings. The first-order valence-electron chi connectivity index (χ1n) is 4.78. The molecule has 84 valence electrons. The molecule has 15 heavy (non-hydrogen) atoms. The Labute approximate surface area is 97.1 Å². The quantitative estimate of drug-likeness (QED) is 0.757. The molecule has 2 N–H and O–H groups in total. The molecule has 5 heteroatoms. The molecule has 0 spiro atoms. The van der Waals surface area contributed by atoms with E-state index in [2.05, 4.69) is 6.92 Å². The highest BCUT2D eigenvalue weighted by atomic mass is 32.2. The van der Waals surface area contributed by atoms with Crippen LogP contribution in [0.15, 0.2) is 10.3 Å². The highest BCUT2D eigenvalue weighted by molar-refractivity contribution is 7.99. The highest BCUT2D eigenvalue weighted by Gasteiger charge is 2.17. The smallest absolute Gasteiger partial charge is 0.337 e. The lowest BCUT2D eigenvalue weighted by Crippen LogP contribution is -2.02. The molecule has 1 heterocycles. The summed E-state index contributed by atoms with van der Waals surface area (Å²) in [6.07, 6.45) is 1.45. The van der Waals surface area contributed by atoms with Gasteiger partial charge in [0.1, 0.15) is 0 Å². The molecule has 1 rings (SSSR count). The lowest BCUT2D eigenvalue weighted by atomic mass is 10.2. The van der Waals surface area contributed by atoms with Crippen molar-refractivity contribution in [2.45, 2.75) is 24.7 Å². The highest BCUT2D eigenvalue weighted by Crippen LogP contribution is 2.31. The van der Waals surface area contributed by atoms with Crippen molar-refractivity contribution in [3.63, 3.8) is 0 Å². The molecule has 0 radical (unpaired) electrons. The van der Waals surface area contributed by atoms with Gasteiger partial charge in [0.15, 0.2) is 0 Å². The zero-order valence-corrected chi connectivity index (χ0v) is 10.2. The normalized spacial score (nSPS) is 10.5. The van der Waals surface area contributed by atoms with E-state index in [9.17, 15) is 4.79 Å². The Bertz CT molecular complexity index is 333. The van der Waals surface area contributed by atoms with Gasteiger partial charge in [0.25, 0.3) is 0 Å². The van der Waals surface area contributed by atoms with Crippen molar-refractivity contribution in [3.05, 3.63) is 15.8 Å². The first kappa shape index (κ1) is 12.5. The summed E-state index contributed by atoms with van der Waals surface area (Å²) in [6, 6.07) is 0. The minimum absolute atomic E-state index is 0.00131. The molecule has 0 aromatic carbocycles. The lowest BCUT2D eigenvalue weighted by Gasteiger charge is -2.01. The van der Waals surface area contributed by atoms with Crippen LogP contribution in [0.2, 0.25) is 0 Å². The van der Waals surface area contributed by atoms with Crippen LogP contribution in [0.25, 0.3) is 0 Å². The van der Waals surface area contributed by atoms with E-state index in [-0.39, 0.29) is 6.61 Å². The first-order valence-corrected chi connectivity index (χ1v) is 6.64. The number of aliphatic hydroxyl groups excluding tert-OH is 1. The van der Waals surface area contributed by atoms with Crippen molar-refractivity contribution in [3.8, 4) is 0 Å². The van der Waals surface area contributed by atoms with Gasteiger partial charge in [-0.15, -0.1) is 23.1 Å². The standard InChI is InChI=1S/C10H14O3S2/c1-2-5-14-8-6-15-7(3-4-11)9(8)10(12)13/h6,11H,2-5H2,1H3,(H,12,13). The number of hydrogen-bond donors (Lipinski definition) is 2. The van der Waals surface area contributed by atoms with Crippen LogP contribution in [-0.4, -0.2) is 28.5 Å². The van der Waals surface area contributed by atoms with Gasteiger partial charge in [0.05, 0.1) is 5.56 Å². The number of carbonyl (C=O) groups is 1. The second kappa shape index (κ2) is 6.15. The number of thiophene rings is 1. The fourth-order valence-corrected chi connectivity index (χ4v) is 3.36. The third kappa shape index (κ3) is 3.22. The van der Waals surface area contributed by atoms with Crippen molar-refractivity contribution < 1.29 is 15.0 Å². The number of carboxylic acids is 1. The van der Waals surface area contributed by atoms with E-state index in [0.717, 1.165) is 21.9 Å². The summed E-state index contributed by atoms with van der Waals surface area (Å²) >= 11 is 2.99. The summed E-state index contributed by atoms with van der Waals surface area (Å²) < 4.78 is 0. The molecule has 0 aliphatic rings. The van der Waals surface area contributed by atoms with Crippen LogP contribution in [-0.2, 0) is 6.42 Å². The minimum Gasteiger partial charge on any atom is -0.478 e. The van der Waals surface area contributed by atoms with Gasteiger partial charge in [0, 0.05) is 28.2 Å². The van der Waals surface area contributed by atoms with E-state index >= 15 is 0 Å². The van der Waals surface area contributed by atoms with Crippen LogP contribution in [0.1, 0.15) is 28.6 Å². The third-order valence-corrected chi connectivity index (χ3v) is 4.29. The molecule has 0 aliphatic heterocycles. The molecule has 0 saturated heterocycles. The molecule has 0 bridgehead atoms. The van der Waals surface area contributed by atoms with Crippen LogP contribution in [0.3, 0.4) is 0 Å². The Morgan fingerprint density at radius 3 is 2.87 bits per heavy atom. The van der Waals surface area contributed by atoms with Gasteiger partial charge in [-0.25, -0.2) is 4.79 Å². The fourth-order valence-electron chi connectivity index (χ4n) is 1.21. The molecule has 1 aromatic heterocycles. The molecule has 3 nitrogen and oxygen atoms in total. The molecule has 0 aliphatic carbocycles. The molecule has 0 atom stereocenters. The Morgan fingerprint density at radius 1 is 1.60 bits per heavy atom. The van der Waals surface area contributed by atoms with Crippen LogP contribution >= 0.6 is 23.1 Å². The Kier molecular flexibility index (Phi) is 5.14. The number of thioether (sulfide) groups is 1. The van der Waals surface area contributed by atoms with Crippen LogP contribution in [0.4, 0.5) is 0 Å². The van der Waals surface area contributed by atoms with E-state index in [1.807, 2.05) is 5.38 Å². The minimum atomic E-state index is -0.890. The van der Waals surface area contributed by atoms with Crippen LogP contribution in [0.5, 0.6) is 0 Å². The van der Waals surface area contributed by atoms with E-state index in [0.29, 0.717) is 12.0 Å². The maximum absolute atomic E-state index is 11.1. The fraction of sp³-hybridized carbons (Fsp3) is 0.500. The summed E-state index contributed by atoms with van der Waals surface area (Å²) in [5.41, 5.74) is 0.382. The topological polar surface area (TPSA) is 57.5 Å². The second-order valence-electron chi connectivity index (χ2n) is 3.03.